The number of hydrogen-bond donors (Lipinski definition) is 0. The lowest BCUT2D eigenvalue weighted by Gasteiger charge is -2.18. The van der Waals surface area contributed by atoms with Crippen LogP contribution in [0.3, 0.4) is 0 Å². The molecule has 6 heteroatoms. The van der Waals surface area contributed by atoms with Crippen LogP contribution in [0.25, 0.3) is 0 Å². The lowest BCUT2D eigenvalue weighted by Crippen LogP contribution is -2.30. The summed E-state index contributed by atoms with van der Waals surface area (Å²) in [4.78, 5) is 38.5. The van der Waals surface area contributed by atoms with Crippen LogP contribution < -0.4 is 0 Å². The first-order valence-corrected chi connectivity index (χ1v) is 36.4. The van der Waals surface area contributed by atoms with E-state index in [1.807, 2.05) is 0 Å². The normalized spacial score (nSPS) is 12.5. The van der Waals surface area contributed by atoms with Crippen molar-refractivity contribution in [3.63, 3.8) is 0 Å². The Labute approximate surface area is 516 Å². The second kappa shape index (κ2) is 71.3. The van der Waals surface area contributed by atoms with E-state index >= 15 is 0 Å². The molecule has 0 N–H and O–H groups in total. The quantitative estimate of drug-likeness (QED) is 0.0261. The van der Waals surface area contributed by atoms with E-state index in [1.54, 1.807) is 0 Å². The van der Waals surface area contributed by atoms with Crippen molar-refractivity contribution in [2.75, 3.05) is 13.2 Å². The first-order valence-electron chi connectivity index (χ1n) is 36.4. The zero-order valence-corrected chi connectivity index (χ0v) is 55.5. The van der Waals surface area contributed by atoms with Gasteiger partial charge in [0.15, 0.2) is 6.10 Å². The maximum Gasteiger partial charge on any atom is 0.306 e. The van der Waals surface area contributed by atoms with Gasteiger partial charge in [0.1, 0.15) is 13.2 Å². The van der Waals surface area contributed by atoms with Crippen LogP contribution in [0, 0.1) is 0 Å². The molecular weight excluding hydrogens is 1020 g/mol. The summed E-state index contributed by atoms with van der Waals surface area (Å²) < 4.78 is 17.0. The summed E-state index contributed by atoms with van der Waals surface area (Å²) in [6, 6.07) is 0. The molecule has 0 fully saturated rings. The molecule has 83 heavy (non-hydrogen) atoms. The molecule has 0 aromatic rings. The average molecular weight is 1160 g/mol. The Bertz CT molecular complexity index is 1520. The van der Waals surface area contributed by atoms with Gasteiger partial charge in [0, 0.05) is 19.3 Å². The molecule has 482 valence electrons. The second-order valence-electron chi connectivity index (χ2n) is 24.5. The third kappa shape index (κ3) is 69.5. The number of esters is 3. The maximum atomic E-state index is 13.0. The Balaban J connectivity index is 4.27. The summed E-state index contributed by atoms with van der Waals surface area (Å²) in [7, 11) is 0. The molecule has 0 amide bonds. The van der Waals surface area contributed by atoms with Crippen molar-refractivity contribution in [1.82, 2.24) is 0 Å². The van der Waals surface area contributed by atoms with Crippen LogP contribution in [0.2, 0.25) is 0 Å². The van der Waals surface area contributed by atoms with Crippen LogP contribution in [0.4, 0.5) is 0 Å². The average Bonchev–Trinajstić information content (AvgIpc) is 3.50. The van der Waals surface area contributed by atoms with E-state index in [1.165, 1.54) is 238 Å². The molecule has 0 bridgehead atoms. The summed E-state index contributed by atoms with van der Waals surface area (Å²) in [6.07, 6.45) is 93.7. The monoisotopic (exact) mass is 1160 g/mol. The van der Waals surface area contributed by atoms with Crippen molar-refractivity contribution in [2.45, 2.75) is 386 Å². The van der Waals surface area contributed by atoms with Crippen molar-refractivity contribution >= 4 is 17.9 Å². The second-order valence-corrected chi connectivity index (χ2v) is 24.5. The molecule has 0 aromatic carbocycles. The molecule has 0 aliphatic heterocycles. The molecule has 0 aliphatic rings. The van der Waals surface area contributed by atoms with E-state index < -0.39 is 6.10 Å². The fraction of sp³-hybridized carbons (Fsp3) is 0.805. The number of carbonyl (C=O) groups excluding carboxylic acids is 3. The Morgan fingerprint density at radius 2 is 0.470 bits per heavy atom. The summed E-state index contributed by atoms with van der Waals surface area (Å²) >= 11 is 0. The van der Waals surface area contributed by atoms with Gasteiger partial charge >= 0.3 is 17.9 Å². The number of rotatable bonds is 67. The van der Waals surface area contributed by atoms with Crippen molar-refractivity contribution < 1.29 is 28.6 Å². The number of unbranched alkanes of at least 4 members (excludes halogenated alkanes) is 44. The molecule has 0 aromatic heterocycles. The van der Waals surface area contributed by atoms with E-state index in [4.69, 9.17) is 14.2 Å². The lowest BCUT2D eigenvalue weighted by atomic mass is 10.0. The first kappa shape index (κ1) is 79.8. The third-order valence-electron chi connectivity index (χ3n) is 16.2. The van der Waals surface area contributed by atoms with Crippen LogP contribution in [0.1, 0.15) is 380 Å². The molecule has 1 atom stereocenters. The lowest BCUT2D eigenvalue weighted by molar-refractivity contribution is -0.167. The van der Waals surface area contributed by atoms with Gasteiger partial charge in [-0.1, -0.05) is 344 Å². The van der Waals surface area contributed by atoms with Gasteiger partial charge in [-0.15, -0.1) is 0 Å². The van der Waals surface area contributed by atoms with Gasteiger partial charge in [-0.3, -0.25) is 14.4 Å². The standard InChI is InChI=1S/C77H138O6/c1-4-7-10-13-16-19-22-25-28-31-33-34-35-36-37-38-39-40-41-42-44-46-49-52-55-58-61-64-67-70-76(79)82-73-74(72-81-75(78)69-66-63-60-57-54-51-48-45-30-27-24-21-18-15-12-9-6-3)83-77(80)71-68-65-62-59-56-53-50-47-43-32-29-26-23-20-17-14-11-8-5-2/h9,12,18,21-22,25,27,30-31,33,48,51,74H,4-8,10-11,13-17,19-20,23-24,26,28-29,32,34-47,49-50,52-73H2,1-3H3/b12-9-,21-18-,25-22-,30-27-,33-31-,51-48-. The molecular formula is C77H138O6. The highest BCUT2D eigenvalue weighted by Crippen LogP contribution is 2.18. The van der Waals surface area contributed by atoms with E-state index in [-0.39, 0.29) is 31.1 Å². The summed E-state index contributed by atoms with van der Waals surface area (Å²) in [5.41, 5.74) is 0. The molecule has 0 saturated heterocycles. The minimum absolute atomic E-state index is 0.0787. The Morgan fingerprint density at radius 1 is 0.253 bits per heavy atom. The molecule has 6 nitrogen and oxygen atoms in total. The molecule has 0 saturated carbocycles. The molecule has 0 radical (unpaired) electrons. The maximum absolute atomic E-state index is 13.0. The van der Waals surface area contributed by atoms with E-state index in [0.29, 0.717) is 19.3 Å². The number of ether oxygens (including phenoxy) is 3. The van der Waals surface area contributed by atoms with Crippen molar-refractivity contribution in [3.05, 3.63) is 72.9 Å². The smallest absolute Gasteiger partial charge is 0.306 e. The topological polar surface area (TPSA) is 78.9 Å². The highest BCUT2D eigenvalue weighted by Gasteiger charge is 2.19. The number of carbonyl (C=O) groups is 3. The zero-order chi connectivity index (χ0) is 59.9. The summed E-state index contributed by atoms with van der Waals surface area (Å²) in [5, 5.41) is 0. The SMILES string of the molecule is CC/C=C\C/C=C\C/C=C\C/C=C\CCCCCCC(=O)OCC(COC(=O)CCCCCCCCCCCCCCCCCCC/C=C\C/C=C\CCCCCCC)OC(=O)CCCCCCCCCCCCCCCCCCCCC. The van der Waals surface area contributed by atoms with Crippen LogP contribution in [-0.4, -0.2) is 37.2 Å². The Morgan fingerprint density at radius 3 is 0.735 bits per heavy atom. The van der Waals surface area contributed by atoms with Crippen LogP contribution in [0.15, 0.2) is 72.9 Å². The van der Waals surface area contributed by atoms with Gasteiger partial charge in [-0.05, 0) is 89.9 Å². The minimum Gasteiger partial charge on any atom is -0.462 e. The highest BCUT2D eigenvalue weighted by atomic mass is 16.6. The largest absolute Gasteiger partial charge is 0.462 e. The van der Waals surface area contributed by atoms with Gasteiger partial charge in [0.05, 0.1) is 0 Å². The van der Waals surface area contributed by atoms with E-state index in [0.717, 1.165) is 103 Å². The fourth-order valence-electron chi connectivity index (χ4n) is 10.8. The number of hydrogen-bond acceptors (Lipinski definition) is 6. The first-order chi connectivity index (χ1) is 41.0. The molecule has 0 aliphatic carbocycles. The van der Waals surface area contributed by atoms with Gasteiger partial charge in [0.2, 0.25) is 0 Å². The van der Waals surface area contributed by atoms with Gasteiger partial charge in [-0.25, -0.2) is 0 Å². The number of allylic oxidation sites excluding steroid dienone is 12. The highest BCUT2D eigenvalue weighted by molar-refractivity contribution is 5.71. The summed E-state index contributed by atoms with van der Waals surface area (Å²) in [5.74, 6) is -0.878. The fourth-order valence-corrected chi connectivity index (χ4v) is 10.8. The Kier molecular flexibility index (Phi) is 68.6. The predicted octanol–water partition coefficient (Wildman–Crippen LogP) is 25.2. The summed E-state index contributed by atoms with van der Waals surface area (Å²) in [6.45, 7) is 6.56. The predicted molar refractivity (Wildman–Crippen MR) is 362 cm³/mol. The molecule has 0 spiro atoms. The van der Waals surface area contributed by atoms with Gasteiger partial charge < -0.3 is 14.2 Å². The minimum atomic E-state index is -0.785. The van der Waals surface area contributed by atoms with E-state index in [2.05, 4.69) is 93.7 Å². The molecule has 0 rings (SSSR count). The zero-order valence-electron chi connectivity index (χ0n) is 55.5. The van der Waals surface area contributed by atoms with Crippen LogP contribution >= 0.6 is 0 Å². The van der Waals surface area contributed by atoms with Crippen LogP contribution in [-0.2, 0) is 28.6 Å². The van der Waals surface area contributed by atoms with Crippen molar-refractivity contribution in [2.24, 2.45) is 0 Å². The van der Waals surface area contributed by atoms with Gasteiger partial charge in [-0.2, -0.15) is 0 Å². The van der Waals surface area contributed by atoms with Gasteiger partial charge in [0.25, 0.3) is 0 Å². The molecule has 1 unspecified atom stereocenters. The Hall–Kier alpha value is -3.15. The van der Waals surface area contributed by atoms with Crippen molar-refractivity contribution in [3.8, 4) is 0 Å². The van der Waals surface area contributed by atoms with Crippen molar-refractivity contribution in [1.29, 1.82) is 0 Å². The molecule has 0 heterocycles. The van der Waals surface area contributed by atoms with Crippen LogP contribution in [0.5, 0.6) is 0 Å². The third-order valence-corrected chi connectivity index (χ3v) is 16.2. The van der Waals surface area contributed by atoms with E-state index in [9.17, 15) is 14.4 Å².